The second kappa shape index (κ2) is 14.9. The summed E-state index contributed by atoms with van der Waals surface area (Å²) < 4.78 is 35.8. The van der Waals surface area contributed by atoms with E-state index in [4.69, 9.17) is 29.0 Å². The number of fused-ring (bicyclic) bond motifs is 1. The maximum absolute atomic E-state index is 13.0. The van der Waals surface area contributed by atoms with Gasteiger partial charge in [-0.1, -0.05) is 46.2 Å². The van der Waals surface area contributed by atoms with Gasteiger partial charge in [0.25, 0.3) is 0 Å². The zero-order valence-corrected chi connectivity index (χ0v) is 31.4. The molecule has 0 fully saturated rings. The SMILES string of the molecule is CCC[C@H](NS(=O)C(C)(C)C)c1cccc(-c2cc(OCCOC)c3cnn(-c4cccc(C(C)(C)O[SiH2]C(C)(C)C)n4)c3c2)n1. The van der Waals surface area contributed by atoms with Gasteiger partial charge in [0, 0.05) is 12.7 Å². The molecule has 3 heterocycles. The Balaban J connectivity index is 1.79. The second-order valence-corrected chi connectivity index (χ2v) is 19.0. The molecule has 0 bridgehead atoms. The van der Waals surface area contributed by atoms with Crippen molar-refractivity contribution in [2.45, 2.75) is 96.6 Å². The van der Waals surface area contributed by atoms with Gasteiger partial charge in [0.2, 0.25) is 0 Å². The van der Waals surface area contributed by atoms with Gasteiger partial charge < -0.3 is 13.9 Å². The fourth-order valence-electron chi connectivity index (χ4n) is 4.79. The van der Waals surface area contributed by atoms with Crippen LogP contribution >= 0.6 is 0 Å². The molecule has 46 heavy (non-hydrogen) atoms. The van der Waals surface area contributed by atoms with Gasteiger partial charge in [0.05, 0.1) is 68.2 Å². The minimum atomic E-state index is -1.23. The van der Waals surface area contributed by atoms with E-state index in [1.807, 2.05) is 74.1 Å². The molecular weight excluding hydrogens is 615 g/mol. The molecule has 1 unspecified atom stereocenters. The third-order valence-electron chi connectivity index (χ3n) is 7.44. The largest absolute Gasteiger partial charge is 0.490 e. The molecule has 4 aromatic rings. The molecule has 250 valence electrons. The van der Waals surface area contributed by atoms with Gasteiger partial charge in [0.15, 0.2) is 15.6 Å². The molecule has 1 N–H and O–H groups in total. The molecule has 4 rings (SSSR count). The molecule has 11 heteroatoms. The van der Waals surface area contributed by atoms with Crippen LogP contribution in [-0.4, -0.2) is 58.8 Å². The van der Waals surface area contributed by atoms with Gasteiger partial charge in [-0.2, -0.15) is 5.10 Å². The Morgan fingerprint density at radius 3 is 2.39 bits per heavy atom. The van der Waals surface area contributed by atoms with Crippen LogP contribution in [-0.2, 0) is 25.7 Å². The standard InChI is InChI=1S/C35H51N5O4SSi/c1-11-14-28(39-45(41)33(2,3)4)27-16-12-15-26(37-27)24-21-29-25(30(22-24)43-20-19-42-10)23-36-40(29)32-18-13-17-31(38-32)35(8,9)44-46-34(5,6)7/h12-13,15-18,21-23,28,39H,11,14,19-20,46H2,1-10H3/t28-,45?/m0/s1. The Morgan fingerprint density at radius 1 is 0.978 bits per heavy atom. The first-order chi connectivity index (χ1) is 21.6. The monoisotopic (exact) mass is 665 g/mol. The van der Waals surface area contributed by atoms with Crippen LogP contribution in [0.5, 0.6) is 5.75 Å². The van der Waals surface area contributed by atoms with Crippen molar-refractivity contribution >= 4 is 31.7 Å². The fraction of sp³-hybridized carbons (Fsp3) is 0.514. The number of nitrogens with one attached hydrogen (secondary N) is 1. The van der Waals surface area contributed by atoms with Crippen molar-refractivity contribution in [3.05, 3.63) is 66.1 Å². The summed E-state index contributed by atoms with van der Waals surface area (Å²) in [5.74, 6) is 1.39. The van der Waals surface area contributed by atoms with Crippen LogP contribution in [0.1, 0.15) is 92.6 Å². The first kappa shape index (κ1) is 35.9. The highest BCUT2D eigenvalue weighted by molar-refractivity contribution is 7.84. The second-order valence-electron chi connectivity index (χ2n) is 14.3. The molecule has 0 saturated carbocycles. The Labute approximate surface area is 279 Å². The highest BCUT2D eigenvalue weighted by atomic mass is 32.2. The van der Waals surface area contributed by atoms with Crippen LogP contribution in [0.4, 0.5) is 0 Å². The van der Waals surface area contributed by atoms with E-state index in [1.165, 1.54) is 0 Å². The van der Waals surface area contributed by atoms with E-state index < -0.39 is 26.3 Å². The van der Waals surface area contributed by atoms with E-state index in [2.05, 4.69) is 52.3 Å². The molecule has 0 aliphatic heterocycles. The van der Waals surface area contributed by atoms with Gasteiger partial charge in [-0.25, -0.2) is 18.6 Å². The Kier molecular flexibility index (Phi) is 11.6. The van der Waals surface area contributed by atoms with E-state index in [1.54, 1.807) is 7.11 Å². The number of hydrogen-bond acceptors (Lipinski definition) is 7. The summed E-state index contributed by atoms with van der Waals surface area (Å²) in [5, 5.41) is 5.81. The maximum Gasteiger partial charge on any atom is 0.168 e. The number of methoxy groups -OCH3 is 1. The van der Waals surface area contributed by atoms with Crippen molar-refractivity contribution in [1.82, 2.24) is 24.5 Å². The number of nitrogens with zero attached hydrogens (tertiary/aromatic N) is 4. The minimum absolute atomic E-state index is 0.143. The average Bonchev–Trinajstić information content (AvgIpc) is 3.44. The molecular formula is C35H51N5O4SSi. The minimum Gasteiger partial charge on any atom is -0.490 e. The van der Waals surface area contributed by atoms with E-state index in [0.29, 0.717) is 24.8 Å². The number of hydrogen-bond donors (Lipinski definition) is 1. The molecule has 0 spiro atoms. The smallest absolute Gasteiger partial charge is 0.168 e. The van der Waals surface area contributed by atoms with Crippen molar-refractivity contribution in [3.8, 4) is 22.8 Å². The molecule has 1 aromatic carbocycles. The van der Waals surface area contributed by atoms with Crippen molar-refractivity contribution in [2.24, 2.45) is 0 Å². The zero-order valence-electron chi connectivity index (χ0n) is 29.1. The van der Waals surface area contributed by atoms with E-state index in [0.717, 1.165) is 46.4 Å². The van der Waals surface area contributed by atoms with Crippen LogP contribution < -0.4 is 9.46 Å². The molecule has 0 amide bonds. The van der Waals surface area contributed by atoms with E-state index in [9.17, 15) is 4.21 Å². The van der Waals surface area contributed by atoms with Crippen molar-refractivity contribution in [3.63, 3.8) is 0 Å². The van der Waals surface area contributed by atoms with Gasteiger partial charge in [-0.3, -0.25) is 4.98 Å². The zero-order chi connectivity index (χ0) is 33.7. The predicted octanol–water partition coefficient (Wildman–Crippen LogP) is 6.95. The molecule has 0 aliphatic rings. The lowest BCUT2D eigenvalue weighted by atomic mass is 10.0. The number of pyridine rings is 2. The number of aromatic nitrogens is 4. The van der Waals surface area contributed by atoms with Crippen molar-refractivity contribution < 1.29 is 18.1 Å². The lowest BCUT2D eigenvalue weighted by Gasteiger charge is -2.29. The number of rotatable bonds is 14. The molecule has 0 aliphatic carbocycles. The highest BCUT2D eigenvalue weighted by Gasteiger charge is 2.27. The Morgan fingerprint density at radius 2 is 1.72 bits per heavy atom. The molecule has 0 saturated heterocycles. The Hall–Kier alpha value is -2.96. The lowest BCUT2D eigenvalue weighted by Crippen LogP contribution is -2.36. The van der Waals surface area contributed by atoms with Crippen LogP contribution in [0, 0.1) is 0 Å². The van der Waals surface area contributed by atoms with E-state index >= 15 is 0 Å². The maximum atomic E-state index is 13.0. The van der Waals surface area contributed by atoms with Gasteiger partial charge >= 0.3 is 0 Å². The van der Waals surface area contributed by atoms with Gasteiger partial charge in [0.1, 0.15) is 12.4 Å². The summed E-state index contributed by atoms with van der Waals surface area (Å²) >= 11 is 0. The molecule has 0 radical (unpaired) electrons. The summed E-state index contributed by atoms with van der Waals surface area (Å²) in [7, 11) is -0.363. The van der Waals surface area contributed by atoms with Crippen molar-refractivity contribution in [1.29, 1.82) is 0 Å². The summed E-state index contributed by atoms with van der Waals surface area (Å²) in [6.45, 7) is 19.7. The first-order valence-corrected chi connectivity index (χ1v) is 18.5. The van der Waals surface area contributed by atoms with Crippen LogP contribution in [0.3, 0.4) is 0 Å². The Bertz CT molecular complexity index is 1640. The van der Waals surface area contributed by atoms with Crippen LogP contribution in [0.25, 0.3) is 28.0 Å². The van der Waals surface area contributed by atoms with Crippen LogP contribution in [0.15, 0.2) is 54.7 Å². The summed E-state index contributed by atoms with van der Waals surface area (Å²) in [5.41, 5.74) is 3.70. The topological polar surface area (TPSA) is 100 Å². The third-order valence-corrected chi connectivity index (χ3v) is 10.8. The fourth-order valence-corrected chi connectivity index (χ4v) is 6.59. The number of benzene rings is 1. The first-order valence-electron chi connectivity index (χ1n) is 16.0. The normalized spacial score (nSPS) is 14.3. The molecule has 2 atom stereocenters. The molecule has 3 aromatic heterocycles. The van der Waals surface area contributed by atoms with Crippen LogP contribution in [0.2, 0.25) is 5.04 Å². The summed E-state index contributed by atoms with van der Waals surface area (Å²) in [6.07, 6.45) is 3.56. The lowest BCUT2D eigenvalue weighted by molar-refractivity contribution is 0.104. The third kappa shape index (κ3) is 9.10. The van der Waals surface area contributed by atoms with Gasteiger partial charge in [-0.15, -0.1) is 0 Å². The molecule has 9 nitrogen and oxygen atoms in total. The summed E-state index contributed by atoms with van der Waals surface area (Å²) in [4.78, 5) is 10.1. The number of ether oxygens (including phenoxy) is 2. The summed E-state index contributed by atoms with van der Waals surface area (Å²) in [6, 6.07) is 15.9. The van der Waals surface area contributed by atoms with Crippen molar-refractivity contribution in [2.75, 3.05) is 20.3 Å². The van der Waals surface area contributed by atoms with E-state index in [-0.39, 0.29) is 15.8 Å². The average molecular weight is 666 g/mol. The quantitative estimate of drug-likeness (QED) is 0.115. The highest BCUT2D eigenvalue weighted by Crippen LogP contribution is 2.35. The predicted molar refractivity (Wildman–Crippen MR) is 191 cm³/mol. The van der Waals surface area contributed by atoms with Gasteiger partial charge in [-0.05, 0) is 82.5 Å².